The van der Waals surface area contributed by atoms with Crippen LogP contribution in [0.4, 0.5) is 5.69 Å². The lowest BCUT2D eigenvalue weighted by Crippen LogP contribution is -2.13. The summed E-state index contributed by atoms with van der Waals surface area (Å²) in [7, 11) is 1.57. The summed E-state index contributed by atoms with van der Waals surface area (Å²) < 4.78 is 12.5. The van der Waals surface area contributed by atoms with Crippen LogP contribution in [0.25, 0.3) is 6.08 Å². The van der Waals surface area contributed by atoms with Crippen LogP contribution in [0.2, 0.25) is 0 Å². The molecular formula is C25H20Br2N2O3. The minimum Gasteiger partial charge on any atom is -0.497 e. The van der Waals surface area contributed by atoms with E-state index >= 15 is 0 Å². The minimum absolute atomic E-state index is 0.0204. The lowest BCUT2D eigenvalue weighted by Gasteiger charge is -2.12. The summed E-state index contributed by atoms with van der Waals surface area (Å²) in [5, 5.41) is 12.2. The van der Waals surface area contributed by atoms with Crippen LogP contribution in [0, 0.1) is 18.3 Å². The molecule has 3 aromatic rings. The number of nitrogens with zero attached hydrogens (tertiary/aromatic N) is 1. The van der Waals surface area contributed by atoms with Crippen LogP contribution in [-0.4, -0.2) is 13.0 Å². The number of methoxy groups -OCH3 is 1. The molecule has 0 fully saturated rings. The molecule has 0 radical (unpaired) electrons. The van der Waals surface area contributed by atoms with Gasteiger partial charge >= 0.3 is 0 Å². The zero-order valence-electron chi connectivity index (χ0n) is 17.5. The largest absolute Gasteiger partial charge is 0.497 e. The molecule has 3 aromatic carbocycles. The van der Waals surface area contributed by atoms with Crippen LogP contribution < -0.4 is 14.8 Å². The average molecular weight is 556 g/mol. The highest BCUT2D eigenvalue weighted by Crippen LogP contribution is 2.36. The molecule has 0 aromatic heterocycles. The van der Waals surface area contributed by atoms with Crippen LogP contribution in [-0.2, 0) is 11.4 Å². The molecule has 162 valence electrons. The molecule has 0 unspecified atom stereocenters. The number of nitriles is 1. The molecule has 3 rings (SSSR count). The molecule has 5 nitrogen and oxygen atoms in total. The van der Waals surface area contributed by atoms with E-state index in [1.807, 2.05) is 37.3 Å². The quantitative estimate of drug-likeness (QED) is 0.261. The summed E-state index contributed by atoms with van der Waals surface area (Å²) in [6.45, 7) is 2.46. The number of carbonyl (C=O) groups excluding carboxylic acids is 1. The van der Waals surface area contributed by atoms with Crippen molar-refractivity contribution < 1.29 is 14.3 Å². The predicted molar refractivity (Wildman–Crippen MR) is 133 cm³/mol. The summed E-state index contributed by atoms with van der Waals surface area (Å²) >= 11 is 7.04. The number of amides is 1. The van der Waals surface area contributed by atoms with Crippen molar-refractivity contribution in [3.63, 3.8) is 0 Å². The van der Waals surface area contributed by atoms with E-state index in [0.717, 1.165) is 5.56 Å². The van der Waals surface area contributed by atoms with Crippen molar-refractivity contribution in [1.82, 2.24) is 0 Å². The molecular weight excluding hydrogens is 536 g/mol. The highest BCUT2D eigenvalue weighted by Gasteiger charge is 2.13. The van der Waals surface area contributed by atoms with Gasteiger partial charge in [-0.3, -0.25) is 4.79 Å². The first kappa shape index (κ1) is 23.6. The molecule has 0 atom stereocenters. The number of hydrogen-bond donors (Lipinski definition) is 1. The number of carbonyl (C=O) groups is 1. The highest BCUT2D eigenvalue weighted by molar-refractivity contribution is 9.11. The van der Waals surface area contributed by atoms with Gasteiger partial charge in [-0.1, -0.05) is 29.8 Å². The second kappa shape index (κ2) is 11.0. The zero-order chi connectivity index (χ0) is 23.1. The molecule has 0 spiro atoms. The van der Waals surface area contributed by atoms with E-state index in [9.17, 15) is 10.1 Å². The topological polar surface area (TPSA) is 71.3 Å². The van der Waals surface area contributed by atoms with Crippen LogP contribution in [0.1, 0.15) is 16.7 Å². The van der Waals surface area contributed by atoms with Gasteiger partial charge in [-0.05, 0) is 92.4 Å². The molecule has 0 saturated heterocycles. The number of halogens is 2. The Morgan fingerprint density at radius 3 is 2.25 bits per heavy atom. The fourth-order valence-corrected chi connectivity index (χ4v) is 4.28. The van der Waals surface area contributed by atoms with Gasteiger partial charge in [0.05, 0.1) is 16.1 Å². The lowest BCUT2D eigenvalue weighted by molar-refractivity contribution is -0.112. The van der Waals surface area contributed by atoms with E-state index in [2.05, 4.69) is 37.2 Å². The molecule has 32 heavy (non-hydrogen) atoms. The average Bonchev–Trinajstić information content (AvgIpc) is 2.78. The van der Waals surface area contributed by atoms with E-state index in [1.165, 1.54) is 11.6 Å². The van der Waals surface area contributed by atoms with Gasteiger partial charge in [0, 0.05) is 5.69 Å². The van der Waals surface area contributed by atoms with E-state index in [0.29, 0.717) is 38.3 Å². The fraction of sp³-hybridized carbons (Fsp3) is 0.120. The Balaban J connectivity index is 1.74. The van der Waals surface area contributed by atoms with Crippen molar-refractivity contribution in [2.45, 2.75) is 13.5 Å². The van der Waals surface area contributed by atoms with Crippen LogP contribution in [0.3, 0.4) is 0 Å². The summed E-state index contributed by atoms with van der Waals surface area (Å²) in [4.78, 5) is 12.5. The number of ether oxygens (including phenoxy) is 2. The number of rotatable bonds is 7. The summed E-state index contributed by atoms with van der Waals surface area (Å²) in [6.07, 6.45) is 1.53. The first-order valence-electron chi connectivity index (χ1n) is 9.64. The van der Waals surface area contributed by atoms with Gasteiger partial charge in [0.2, 0.25) is 0 Å². The van der Waals surface area contributed by atoms with Gasteiger partial charge in [0.25, 0.3) is 5.91 Å². The Hall–Kier alpha value is -3.08. The van der Waals surface area contributed by atoms with Gasteiger partial charge in [-0.25, -0.2) is 0 Å². The minimum atomic E-state index is -0.496. The maximum atomic E-state index is 12.5. The van der Waals surface area contributed by atoms with E-state index in [4.69, 9.17) is 9.47 Å². The third kappa shape index (κ3) is 6.22. The van der Waals surface area contributed by atoms with Gasteiger partial charge in [0.1, 0.15) is 29.7 Å². The maximum Gasteiger partial charge on any atom is 0.266 e. The Labute approximate surface area is 203 Å². The molecule has 0 aliphatic heterocycles. The van der Waals surface area contributed by atoms with Gasteiger partial charge in [0.15, 0.2) is 0 Å². The molecule has 0 aliphatic carbocycles. The van der Waals surface area contributed by atoms with Crippen LogP contribution in [0.15, 0.2) is 75.2 Å². The first-order chi connectivity index (χ1) is 15.4. The maximum absolute atomic E-state index is 12.5. The molecule has 0 heterocycles. The third-order valence-corrected chi connectivity index (χ3v) is 5.73. The molecule has 0 bridgehead atoms. The van der Waals surface area contributed by atoms with Crippen molar-refractivity contribution in [2.75, 3.05) is 12.4 Å². The van der Waals surface area contributed by atoms with Crippen molar-refractivity contribution in [2.24, 2.45) is 0 Å². The summed E-state index contributed by atoms with van der Waals surface area (Å²) in [5.41, 5.74) is 3.47. The van der Waals surface area contributed by atoms with Crippen molar-refractivity contribution in [3.8, 4) is 17.6 Å². The van der Waals surface area contributed by atoms with Crippen LogP contribution in [0.5, 0.6) is 11.5 Å². The summed E-state index contributed by atoms with van der Waals surface area (Å²) in [5.74, 6) is 0.826. The third-order valence-electron chi connectivity index (χ3n) is 4.55. The standard InChI is InChI=1S/C25H20Br2N2O3/c1-16-3-5-17(6-4-16)15-32-24-22(26)12-18(13-23(24)27)11-19(14-28)25(30)29-20-7-9-21(31-2)10-8-20/h3-13H,15H2,1-2H3,(H,29,30)/b19-11-. The van der Waals surface area contributed by atoms with Crippen molar-refractivity contribution in [1.29, 1.82) is 5.26 Å². The van der Waals surface area contributed by atoms with E-state index in [-0.39, 0.29) is 5.57 Å². The van der Waals surface area contributed by atoms with Gasteiger partial charge in [-0.15, -0.1) is 0 Å². The smallest absolute Gasteiger partial charge is 0.266 e. The normalized spacial score (nSPS) is 10.9. The predicted octanol–water partition coefficient (Wildman–Crippen LogP) is 6.65. The summed E-state index contributed by atoms with van der Waals surface area (Å²) in [6, 6.07) is 20.6. The number of hydrogen-bond acceptors (Lipinski definition) is 4. The molecule has 1 N–H and O–H groups in total. The molecule has 0 saturated carbocycles. The van der Waals surface area contributed by atoms with Crippen molar-refractivity contribution in [3.05, 3.63) is 91.9 Å². The lowest BCUT2D eigenvalue weighted by atomic mass is 10.1. The van der Waals surface area contributed by atoms with Gasteiger partial charge < -0.3 is 14.8 Å². The fourth-order valence-electron chi connectivity index (χ4n) is 2.83. The molecule has 7 heteroatoms. The number of aryl methyl sites for hydroxylation is 1. The Bertz CT molecular complexity index is 1160. The Morgan fingerprint density at radius 1 is 1.06 bits per heavy atom. The molecule has 1 amide bonds. The van der Waals surface area contributed by atoms with E-state index < -0.39 is 5.91 Å². The van der Waals surface area contributed by atoms with Crippen molar-refractivity contribution >= 4 is 49.5 Å². The zero-order valence-corrected chi connectivity index (χ0v) is 20.7. The molecule has 0 aliphatic rings. The number of anilines is 1. The second-order valence-electron chi connectivity index (χ2n) is 6.94. The monoisotopic (exact) mass is 554 g/mol. The Kier molecular flexibility index (Phi) is 8.09. The Morgan fingerprint density at radius 2 is 1.69 bits per heavy atom. The highest BCUT2D eigenvalue weighted by atomic mass is 79.9. The SMILES string of the molecule is COc1ccc(NC(=O)/C(C#N)=C\c2cc(Br)c(OCc3ccc(C)cc3)c(Br)c2)cc1. The second-order valence-corrected chi connectivity index (χ2v) is 8.65. The van der Waals surface area contributed by atoms with Gasteiger partial charge in [-0.2, -0.15) is 5.26 Å². The first-order valence-corrected chi connectivity index (χ1v) is 11.2. The van der Waals surface area contributed by atoms with Crippen LogP contribution >= 0.6 is 31.9 Å². The number of benzene rings is 3. The van der Waals surface area contributed by atoms with E-state index in [1.54, 1.807) is 43.5 Å². The number of nitrogens with one attached hydrogen (secondary N) is 1.